The summed E-state index contributed by atoms with van der Waals surface area (Å²) in [5, 5.41) is -0.377. The highest BCUT2D eigenvalue weighted by Crippen LogP contribution is 2.31. The van der Waals surface area contributed by atoms with Gasteiger partial charge >= 0.3 is 0 Å². The van der Waals surface area contributed by atoms with Gasteiger partial charge in [0.1, 0.15) is 6.29 Å². The van der Waals surface area contributed by atoms with E-state index in [4.69, 9.17) is 7.85 Å². The van der Waals surface area contributed by atoms with Crippen molar-refractivity contribution in [3.63, 3.8) is 0 Å². The Bertz CT molecular complexity index is 462. The van der Waals surface area contributed by atoms with Crippen LogP contribution in [0.4, 0.5) is 0 Å². The number of carbonyl (C=O) groups excluding carboxylic acids is 4. The third-order valence-corrected chi connectivity index (χ3v) is 5.61. The average Bonchev–Trinajstić information content (AvgIpc) is 2.75. The van der Waals surface area contributed by atoms with E-state index in [9.17, 15) is 19.2 Å². The average molecular weight is 321 g/mol. The van der Waals surface area contributed by atoms with Gasteiger partial charge in [0, 0.05) is 31.1 Å². The topological polar surface area (TPSA) is 71.5 Å². The van der Waals surface area contributed by atoms with Crippen LogP contribution in [-0.4, -0.2) is 54.1 Å². The lowest BCUT2D eigenvalue weighted by Gasteiger charge is -2.28. The number of rotatable bonds is 7. The van der Waals surface area contributed by atoms with Crippen molar-refractivity contribution < 1.29 is 19.2 Å². The van der Waals surface area contributed by atoms with Crippen LogP contribution < -0.4 is 0 Å². The molecule has 1 aliphatic heterocycles. The fourth-order valence-corrected chi connectivity index (χ4v) is 4.18. The van der Waals surface area contributed by atoms with E-state index in [1.54, 1.807) is 0 Å². The van der Waals surface area contributed by atoms with Gasteiger partial charge in [0.2, 0.25) is 11.8 Å². The van der Waals surface area contributed by atoms with Crippen molar-refractivity contribution >= 4 is 43.4 Å². The minimum absolute atomic E-state index is 0.126. The molecular formula is C15H20BNO4S. The van der Waals surface area contributed by atoms with Crippen molar-refractivity contribution in [2.24, 2.45) is 11.8 Å². The van der Waals surface area contributed by atoms with Gasteiger partial charge in [-0.15, -0.1) is 11.8 Å². The molecule has 0 aromatic heterocycles. The SMILES string of the molecule is [B]C(=O)CCSC1CC(=O)N(CC2CCC(C=O)CC2)C1=O. The van der Waals surface area contributed by atoms with Crippen molar-refractivity contribution in [3.05, 3.63) is 0 Å². The summed E-state index contributed by atoms with van der Waals surface area (Å²) in [5.74, 6) is 0.644. The molecule has 0 spiro atoms. The first-order valence-corrected chi connectivity index (χ1v) is 8.75. The summed E-state index contributed by atoms with van der Waals surface area (Å²) < 4.78 is 0. The Balaban J connectivity index is 1.81. The van der Waals surface area contributed by atoms with Gasteiger partial charge in [0.05, 0.1) is 10.9 Å². The van der Waals surface area contributed by atoms with Gasteiger partial charge in [0.25, 0.3) is 0 Å². The molecule has 2 fully saturated rings. The molecule has 7 heteroatoms. The zero-order valence-corrected chi connectivity index (χ0v) is 13.3. The Hall–Kier alpha value is -1.11. The van der Waals surface area contributed by atoms with Gasteiger partial charge in [-0.25, -0.2) is 0 Å². The predicted molar refractivity (Wildman–Crippen MR) is 84.5 cm³/mol. The van der Waals surface area contributed by atoms with Crippen molar-refractivity contribution in [1.82, 2.24) is 4.90 Å². The molecule has 0 aromatic rings. The lowest BCUT2D eigenvalue weighted by Crippen LogP contribution is -2.37. The molecule has 1 atom stereocenters. The number of hydrogen-bond donors (Lipinski definition) is 0. The Morgan fingerprint density at radius 3 is 2.55 bits per heavy atom. The van der Waals surface area contributed by atoms with E-state index >= 15 is 0 Å². The smallest absolute Gasteiger partial charge is 0.242 e. The number of hydrogen-bond acceptors (Lipinski definition) is 5. The van der Waals surface area contributed by atoms with Gasteiger partial charge in [-0.2, -0.15) is 0 Å². The molecule has 1 saturated heterocycles. The number of imide groups is 1. The summed E-state index contributed by atoms with van der Waals surface area (Å²) in [5.41, 5.74) is -0.395. The van der Waals surface area contributed by atoms with Crippen LogP contribution in [0, 0.1) is 11.8 Å². The summed E-state index contributed by atoms with van der Waals surface area (Å²) >= 11 is 1.33. The van der Waals surface area contributed by atoms with Crippen LogP contribution >= 0.6 is 11.8 Å². The fourth-order valence-electron chi connectivity index (χ4n) is 3.04. The van der Waals surface area contributed by atoms with Crippen LogP contribution in [0.25, 0.3) is 0 Å². The van der Waals surface area contributed by atoms with E-state index in [-0.39, 0.29) is 35.8 Å². The molecule has 1 heterocycles. The molecule has 1 aliphatic carbocycles. The molecule has 2 radical (unpaired) electrons. The highest BCUT2D eigenvalue weighted by atomic mass is 32.2. The molecule has 0 bridgehead atoms. The maximum Gasteiger partial charge on any atom is 0.242 e. The number of thioether (sulfide) groups is 1. The number of carbonyl (C=O) groups is 4. The first-order chi connectivity index (χ1) is 10.5. The predicted octanol–water partition coefficient (Wildman–Crippen LogP) is 0.938. The zero-order chi connectivity index (χ0) is 16.1. The lowest BCUT2D eigenvalue weighted by atomic mass is 9.82. The van der Waals surface area contributed by atoms with Crippen molar-refractivity contribution in [2.45, 2.75) is 43.8 Å². The molecular weight excluding hydrogens is 301 g/mol. The minimum Gasteiger partial charge on any atom is -0.313 e. The third kappa shape index (κ3) is 4.45. The van der Waals surface area contributed by atoms with Crippen LogP contribution in [-0.2, 0) is 19.2 Å². The summed E-state index contributed by atoms with van der Waals surface area (Å²) in [6, 6.07) is 0. The molecule has 5 nitrogen and oxygen atoms in total. The Kier molecular flexibility index (Phi) is 6.23. The van der Waals surface area contributed by atoms with Crippen LogP contribution in [0.1, 0.15) is 38.5 Å². The molecule has 0 aromatic carbocycles. The summed E-state index contributed by atoms with van der Waals surface area (Å²) in [4.78, 5) is 47.2. The minimum atomic E-state index is -0.395. The largest absolute Gasteiger partial charge is 0.313 e. The zero-order valence-electron chi connectivity index (χ0n) is 12.5. The van der Waals surface area contributed by atoms with E-state index in [1.807, 2.05) is 0 Å². The van der Waals surface area contributed by atoms with Crippen molar-refractivity contribution in [3.8, 4) is 0 Å². The van der Waals surface area contributed by atoms with Crippen LogP contribution in [0.2, 0.25) is 0 Å². The first kappa shape index (κ1) is 17.3. The van der Waals surface area contributed by atoms with E-state index < -0.39 is 5.68 Å². The Morgan fingerprint density at radius 1 is 1.27 bits per heavy atom. The summed E-state index contributed by atoms with van der Waals surface area (Å²) in [6.45, 7) is 0.468. The van der Waals surface area contributed by atoms with E-state index in [1.165, 1.54) is 16.7 Å². The highest BCUT2D eigenvalue weighted by molar-refractivity contribution is 8.00. The Labute approximate surface area is 136 Å². The standard InChI is InChI=1S/C15H20BNO4S/c16-13(19)5-6-22-12-7-14(20)17(15(12)21)8-10-1-3-11(9-18)4-2-10/h9-12H,1-8H2. The number of aldehydes is 1. The van der Waals surface area contributed by atoms with Crippen molar-refractivity contribution in [2.75, 3.05) is 12.3 Å². The number of amides is 2. The van der Waals surface area contributed by atoms with Crippen LogP contribution in [0.3, 0.4) is 0 Å². The summed E-state index contributed by atoms with van der Waals surface area (Å²) in [7, 11) is 5.07. The fraction of sp³-hybridized carbons (Fsp3) is 0.733. The number of nitrogens with zero attached hydrogens (tertiary/aromatic N) is 1. The molecule has 0 N–H and O–H groups in total. The van der Waals surface area contributed by atoms with E-state index in [0.29, 0.717) is 18.2 Å². The Morgan fingerprint density at radius 2 is 1.95 bits per heavy atom. The maximum atomic E-state index is 12.3. The van der Waals surface area contributed by atoms with Gasteiger partial charge in [-0.3, -0.25) is 14.5 Å². The molecule has 22 heavy (non-hydrogen) atoms. The second kappa shape index (κ2) is 7.95. The van der Waals surface area contributed by atoms with E-state index in [0.717, 1.165) is 32.0 Å². The van der Waals surface area contributed by atoms with Gasteiger partial charge in [0.15, 0.2) is 7.85 Å². The quantitative estimate of drug-likeness (QED) is 0.396. The molecule has 2 rings (SSSR count). The third-order valence-electron chi connectivity index (χ3n) is 4.39. The van der Waals surface area contributed by atoms with Gasteiger partial charge < -0.3 is 9.59 Å². The summed E-state index contributed by atoms with van der Waals surface area (Å²) in [6.07, 6.45) is 4.92. The molecule has 2 aliphatic rings. The first-order valence-electron chi connectivity index (χ1n) is 7.70. The van der Waals surface area contributed by atoms with Gasteiger partial charge in [-0.1, -0.05) is 0 Å². The number of likely N-dealkylation sites (tertiary alicyclic amines) is 1. The van der Waals surface area contributed by atoms with E-state index in [2.05, 4.69) is 0 Å². The van der Waals surface area contributed by atoms with Crippen molar-refractivity contribution in [1.29, 1.82) is 0 Å². The molecule has 1 unspecified atom stereocenters. The second-order valence-electron chi connectivity index (χ2n) is 6.04. The molecule has 2 amide bonds. The van der Waals surface area contributed by atoms with Gasteiger partial charge in [-0.05, 0) is 31.6 Å². The molecule has 118 valence electrons. The molecule has 1 saturated carbocycles. The maximum absolute atomic E-state index is 12.3. The monoisotopic (exact) mass is 321 g/mol. The normalized spacial score (nSPS) is 28.9. The second-order valence-corrected chi connectivity index (χ2v) is 7.35. The highest BCUT2D eigenvalue weighted by Gasteiger charge is 2.39. The van der Waals surface area contributed by atoms with Crippen LogP contribution in [0.15, 0.2) is 0 Å². The lowest BCUT2D eigenvalue weighted by molar-refractivity contribution is -0.139. The van der Waals surface area contributed by atoms with Crippen LogP contribution in [0.5, 0.6) is 0 Å².